The van der Waals surface area contributed by atoms with E-state index >= 15 is 0 Å². The van der Waals surface area contributed by atoms with E-state index in [1.807, 2.05) is 47.8 Å². The van der Waals surface area contributed by atoms with E-state index < -0.39 is 0 Å². The molecule has 0 N–H and O–H groups in total. The van der Waals surface area contributed by atoms with E-state index in [4.69, 9.17) is 4.42 Å². The van der Waals surface area contributed by atoms with Gasteiger partial charge in [0.05, 0.1) is 17.6 Å². The highest BCUT2D eigenvalue weighted by Gasteiger charge is 2.32. The van der Waals surface area contributed by atoms with Crippen molar-refractivity contribution in [3.63, 3.8) is 0 Å². The lowest BCUT2D eigenvalue weighted by Crippen LogP contribution is -2.30. The van der Waals surface area contributed by atoms with Gasteiger partial charge in [-0.1, -0.05) is 42.1 Å². The minimum atomic E-state index is -0.362. The molecule has 8 heteroatoms. The highest BCUT2D eigenvalue weighted by Crippen LogP contribution is 2.32. The van der Waals surface area contributed by atoms with E-state index in [1.165, 1.54) is 40.1 Å². The van der Waals surface area contributed by atoms with Gasteiger partial charge in [-0.25, -0.2) is 14.4 Å². The first-order valence-corrected chi connectivity index (χ1v) is 11.6. The third-order valence-corrected chi connectivity index (χ3v) is 6.53. The molecule has 1 aliphatic rings. The number of hydrogen-bond acceptors (Lipinski definition) is 6. The number of aliphatic imine (C=N–C) groups is 1. The van der Waals surface area contributed by atoms with Crippen molar-refractivity contribution in [1.82, 2.24) is 4.98 Å². The number of thiazole rings is 1. The van der Waals surface area contributed by atoms with Gasteiger partial charge in [0.1, 0.15) is 11.5 Å². The number of carbonyl (C=O) groups is 1. The second-order valence-corrected chi connectivity index (χ2v) is 8.66. The molecule has 5 rings (SSSR count). The maximum atomic E-state index is 13.5. The van der Waals surface area contributed by atoms with Crippen molar-refractivity contribution in [2.45, 2.75) is 5.75 Å². The lowest BCUT2D eigenvalue weighted by atomic mass is 10.2. The molecule has 3 heterocycles. The molecule has 0 atom stereocenters. The molecule has 4 aromatic rings. The molecule has 0 bridgehead atoms. The number of carbonyl (C=O) groups excluding carboxylic acids is 1. The minimum Gasteiger partial charge on any atom is -0.462 e. The number of aromatic nitrogens is 1. The van der Waals surface area contributed by atoms with Crippen LogP contribution in [0.25, 0.3) is 16.8 Å². The standard InChI is InChI=1S/C24H16FN3O2S2/c25-17-8-10-19(11-9-17)28-23(29)20(13-16-5-2-1-3-6-16)27-24(28)32-15-18-14-31-22(26-18)21-7-4-12-30-21/h1-14H,15H2/b20-13+. The van der Waals surface area contributed by atoms with Gasteiger partial charge >= 0.3 is 0 Å². The van der Waals surface area contributed by atoms with Crippen molar-refractivity contribution in [1.29, 1.82) is 0 Å². The Hall–Kier alpha value is -3.49. The summed E-state index contributed by atoms with van der Waals surface area (Å²) in [7, 11) is 0. The van der Waals surface area contributed by atoms with Crippen LogP contribution in [0.2, 0.25) is 0 Å². The van der Waals surface area contributed by atoms with Crippen LogP contribution in [0.15, 0.2) is 93.5 Å². The molecule has 0 spiro atoms. The summed E-state index contributed by atoms with van der Waals surface area (Å²) < 4.78 is 18.9. The number of halogens is 1. The van der Waals surface area contributed by atoms with Crippen LogP contribution < -0.4 is 4.90 Å². The van der Waals surface area contributed by atoms with Gasteiger partial charge in [-0.2, -0.15) is 0 Å². The summed E-state index contributed by atoms with van der Waals surface area (Å²) in [4.78, 5) is 23.9. The molecule has 32 heavy (non-hydrogen) atoms. The normalized spacial score (nSPS) is 14.9. The first kappa shape index (κ1) is 20.4. The van der Waals surface area contributed by atoms with E-state index in [-0.39, 0.29) is 11.7 Å². The third kappa shape index (κ3) is 4.28. The fourth-order valence-electron chi connectivity index (χ4n) is 3.14. The maximum absolute atomic E-state index is 13.5. The first-order valence-electron chi connectivity index (χ1n) is 9.74. The van der Waals surface area contributed by atoms with E-state index in [2.05, 4.69) is 9.98 Å². The van der Waals surface area contributed by atoms with Crippen molar-refractivity contribution in [2.75, 3.05) is 4.90 Å². The van der Waals surface area contributed by atoms with Crippen LogP contribution in [-0.4, -0.2) is 16.1 Å². The van der Waals surface area contributed by atoms with Gasteiger partial charge in [0.25, 0.3) is 5.91 Å². The summed E-state index contributed by atoms with van der Waals surface area (Å²) in [5.41, 5.74) is 2.64. The molecule has 0 saturated carbocycles. The first-order chi connectivity index (χ1) is 15.7. The summed E-state index contributed by atoms with van der Waals surface area (Å²) in [5.74, 6) is 0.636. The fraction of sp³-hybridized carbons (Fsp3) is 0.0417. The predicted molar refractivity (Wildman–Crippen MR) is 127 cm³/mol. The molecule has 0 radical (unpaired) electrons. The molecule has 0 aliphatic carbocycles. The zero-order chi connectivity index (χ0) is 21.9. The lowest BCUT2D eigenvalue weighted by Gasteiger charge is -2.17. The van der Waals surface area contributed by atoms with Crippen LogP contribution in [0.1, 0.15) is 11.3 Å². The van der Waals surface area contributed by atoms with E-state index in [9.17, 15) is 9.18 Å². The average Bonchev–Trinajstić information content (AvgIpc) is 3.55. The number of thioether (sulfide) groups is 1. The molecule has 1 amide bonds. The average molecular weight is 462 g/mol. The number of benzene rings is 2. The molecule has 0 fully saturated rings. The summed E-state index contributed by atoms with van der Waals surface area (Å²) in [5, 5.41) is 3.29. The molecule has 0 saturated heterocycles. The SMILES string of the molecule is O=C1/C(=C\c2ccccc2)N=C(SCc2csc(-c3ccco3)n2)N1c1ccc(F)cc1. The van der Waals surface area contributed by atoms with Crippen LogP contribution in [0.3, 0.4) is 0 Å². The molecule has 0 unspecified atom stereocenters. The molecular formula is C24H16FN3O2S2. The van der Waals surface area contributed by atoms with Gasteiger partial charge in [-0.05, 0) is 48.0 Å². The quantitative estimate of drug-likeness (QED) is 0.331. The van der Waals surface area contributed by atoms with E-state index in [0.29, 0.717) is 22.3 Å². The van der Waals surface area contributed by atoms with Crippen LogP contribution in [0.4, 0.5) is 10.1 Å². The van der Waals surface area contributed by atoms with Crippen LogP contribution in [0.5, 0.6) is 0 Å². The van der Waals surface area contributed by atoms with Crippen molar-refractivity contribution < 1.29 is 13.6 Å². The number of nitrogens with zero attached hydrogens (tertiary/aromatic N) is 3. The minimum absolute atomic E-state index is 0.252. The highest BCUT2D eigenvalue weighted by molar-refractivity contribution is 8.13. The Morgan fingerprint density at radius 1 is 1.06 bits per heavy atom. The van der Waals surface area contributed by atoms with Gasteiger partial charge in [-0.3, -0.25) is 9.69 Å². The van der Waals surface area contributed by atoms with Gasteiger partial charge in [-0.15, -0.1) is 11.3 Å². The fourth-order valence-corrected chi connectivity index (χ4v) is 4.94. The Bertz CT molecular complexity index is 1300. The number of anilines is 1. The van der Waals surface area contributed by atoms with Crippen molar-refractivity contribution in [3.05, 3.63) is 101 Å². The van der Waals surface area contributed by atoms with Crippen LogP contribution >= 0.6 is 23.1 Å². The van der Waals surface area contributed by atoms with Crippen LogP contribution in [0, 0.1) is 5.82 Å². The molecule has 2 aromatic carbocycles. The Balaban J connectivity index is 1.42. The van der Waals surface area contributed by atoms with Crippen molar-refractivity contribution in [2.24, 2.45) is 4.99 Å². The Labute approximate surface area is 191 Å². The smallest absolute Gasteiger partial charge is 0.283 e. The Morgan fingerprint density at radius 3 is 2.62 bits per heavy atom. The van der Waals surface area contributed by atoms with Gasteiger partial charge in [0.15, 0.2) is 15.9 Å². The summed E-state index contributed by atoms with van der Waals surface area (Å²) in [6, 6.07) is 19.1. The second kappa shape index (κ2) is 8.94. The van der Waals surface area contributed by atoms with Crippen molar-refractivity contribution >= 4 is 45.9 Å². The van der Waals surface area contributed by atoms with Gasteiger partial charge in [0.2, 0.25) is 0 Å². The zero-order valence-electron chi connectivity index (χ0n) is 16.6. The largest absolute Gasteiger partial charge is 0.462 e. The Morgan fingerprint density at radius 2 is 1.88 bits per heavy atom. The number of amidine groups is 1. The lowest BCUT2D eigenvalue weighted by molar-refractivity contribution is -0.113. The van der Waals surface area contributed by atoms with Crippen LogP contribution in [-0.2, 0) is 10.5 Å². The molecule has 158 valence electrons. The highest BCUT2D eigenvalue weighted by atomic mass is 32.2. The summed E-state index contributed by atoms with van der Waals surface area (Å²) >= 11 is 2.91. The van der Waals surface area contributed by atoms with Gasteiger partial charge in [0, 0.05) is 11.1 Å². The van der Waals surface area contributed by atoms with Crippen molar-refractivity contribution in [3.8, 4) is 10.8 Å². The Kier molecular flexibility index (Phi) is 5.70. The second-order valence-electron chi connectivity index (χ2n) is 6.86. The number of furan rings is 1. The number of hydrogen-bond donors (Lipinski definition) is 0. The topological polar surface area (TPSA) is 58.7 Å². The third-order valence-electron chi connectivity index (χ3n) is 4.65. The number of amides is 1. The van der Waals surface area contributed by atoms with Gasteiger partial charge < -0.3 is 4.42 Å². The maximum Gasteiger partial charge on any atom is 0.283 e. The number of rotatable bonds is 5. The van der Waals surface area contributed by atoms with E-state index in [1.54, 1.807) is 24.5 Å². The van der Waals surface area contributed by atoms with E-state index in [0.717, 1.165) is 22.0 Å². The summed E-state index contributed by atoms with van der Waals surface area (Å²) in [6.45, 7) is 0. The molecular weight excluding hydrogens is 445 g/mol. The molecule has 5 nitrogen and oxygen atoms in total. The predicted octanol–water partition coefficient (Wildman–Crippen LogP) is 6.22. The zero-order valence-corrected chi connectivity index (χ0v) is 18.3. The summed E-state index contributed by atoms with van der Waals surface area (Å²) in [6.07, 6.45) is 3.37. The molecule has 1 aliphatic heterocycles. The molecule has 2 aromatic heterocycles. The monoisotopic (exact) mass is 461 g/mol.